The van der Waals surface area contributed by atoms with Gasteiger partial charge in [0.25, 0.3) is 10.0 Å². The lowest BCUT2D eigenvalue weighted by Gasteiger charge is -2.12. The smallest absolute Gasteiger partial charge is 0.265 e. The van der Waals surface area contributed by atoms with Gasteiger partial charge < -0.3 is 10.5 Å². The molecule has 2 aromatic rings. The highest BCUT2D eigenvalue weighted by Gasteiger charge is 2.20. The predicted molar refractivity (Wildman–Crippen MR) is 90.9 cm³/mol. The Morgan fingerprint density at radius 3 is 2.43 bits per heavy atom. The largest absolute Gasteiger partial charge is 0.495 e. The second-order valence-electron chi connectivity index (χ2n) is 4.30. The Kier molecular flexibility index (Phi) is 5.07. The fraction of sp³-hybridized carbons (Fsp3) is 0.143. The van der Waals surface area contributed by atoms with E-state index in [0.717, 1.165) is 9.13 Å². The monoisotopic (exact) mass is 418 g/mol. The molecule has 0 amide bonds. The fourth-order valence-electron chi connectivity index (χ4n) is 1.79. The molecule has 0 saturated carbocycles. The van der Waals surface area contributed by atoms with Crippen LogP contribution in [0, 0.1) is 3.57 Å². The summed E-state index contributed by atoms with van der Waals surface area (Å²) in [7, 11) is -2.30. The summed E-state index contributed by atoms with van der Waals surface area (Å²) in [6, 6.07) is 11.9. The quantitative estimate of drug-likeness (QED) is 0.732. The van der Waals surface area contributed by atoms with E-state index in [1.165, 1.54) is 13.2 Å². The van der Waals surface area contributed by atoms with Gasteiger partial charge in [-0.2, -0.15) is 0 Å². The van der Waals surface area contributed by atoms with E-state index in [2.05, 4.69) is 27.3 Å². The van der Waals surface area contributed by atoms with Gasteiger partial charge in [0.1, 0.15) is 10.6 Å². The van der Waals surface area contributed by atoms with E-state index in [4.69, 9.17) is 10.5 Å². The fourth-order valence-corrected chi connectivity index (χ4v) is 3.42. The van der Waals surface area contributed by atoms with E-state index in [9.17, 15) is 8.42 Å². The van der Waals surface area contributed by atoms with Crippen molar-refractivity contribution >= 4 is 38.3 Å². The zero-order valence-electron chi connectivity index (χ0n) is 11.3. The van der Waals surface area contributed by atoms with Gasteiger partial charge >= 0.3 is 0 Å². The van der Waals surface area contributed by atoms with Crippen molar-refractivity contribution < 1.29 is 13.2 Å². The number of methoxy groups -OCH3 is 1. The number of nitrogens with two attached hydrogens (primary N) is 1. The molecule has 0 heterocycles. The van der Waals surface area contributed by atoms with Crippen LogP contribution in [0.25, 0.3) is 0 Å². The Morgan fingerprint density at radius 2 is 1.86 bits per heavy atom. The van der Waals surface area contributed by atoms with Crippen LogP contribution in [-0.4, -0.2) is 15.5 Å². The van der Waals surface area contributed by atoms with Crippen LogP contribution in [0.2, 0.25) is 0 Å². The molecule has 5 nitrogen and oxygen atoms in total. The van der Waals surface area contributed by atoms with Gasteiger partial charge in [0.05, 0.1) is 7.11 Å². The van der Waals surface area contributed by atoms with E-state index in [1.54, 1.807) is 24.3 Å². The molecule has 3 N–H and O–H groups in total. The first-order chi connectivity index (χ1) is 9.96. The molecule has 112 valence electrons. The Balaban J connectivity index is 2.41. The molecule has 0 atom stereocenters. The van der Waals surface area contributed by atoms with Crippen LogP contribution >= 0.6 is 22.6 Å². The summed E-state index contributed by atoms with van der Waals surface area (Å²) in [5, 5.41) is 0. The lowest BCUT2D eigenvalue weighted by atomic mass is 10.2. The molecule has 2 rings (SSSR count). The maximum Gasteiger partial charge on any atom is 0.265 e. The maximum atomic E-state index is 12.5. The number of ether oxygens (including phenoxy) is 1. The lowest BCUT2D eigenvalue weighted by molar-refractivity contribution is 0.402. The van der Waals surface area contributed by atoms with Gasteiger partial charge in [0.2, 0.25) is 0 Å². The predicted octanol–water partition coefficient (Wildman–Crippen LogP) is 2.56. The van der Waals surface area contributed by atoms with Gasteiger partial charge in [0, 0.05) is 15.8 Å². The molecule has 0 aliphatic carbocycles. The molecule has 0 radical (unpaired) electrons. The Bertz CT molecular complexity index is 730. The summed E-state index contributed by atoms with van der Waals surface area (Å²) < 4.78 is 33.7. The number of hydrogen-bond acceptors (Lipinski definition) is 4. The summed E-state index contributed by atoms with van der Waals surface area (Å²) in [5.41, 5.74) is 6.78. The second kappa shape index (κ2) is 6.63. The normalized spacial score (nSPS) is 11.2. The van der Waals surface area contributed by atoms with Gasteiger partial charge in [-0.3, -0.25) is 4.72 Å². The van der Waals surface area contributed by atoms with E-state index >= 15 is 0 Å². The highest BCUT2D eigenvalue weighted by Crippen LogP contribution is 2.27. The van der Waals surface area contributed by atoms with Crippen LogP contribution in [0.1, 0.15) is 5.56 Å². The van der Waals surface area contributed by atoms with Gasteiger partial charge in [0.15, 0.2) is 0 Å². The molecule has 0 aliphatic heterocycles. The van der Waals surface area contributed by atoms with E-state index in [1.807, 2.05) is 12.1 Å². The summed E-state index contributed by atoms with van der Waals surface area (Å²) >= 11 is 2.15. The van der Waals surface area contributed by atoms with E-state index in [-0.39, 0.29) is 17.2 Å². The number of benzene rings is 2. The standard InChI is InChI=1S/C14H15IN2O3S/c1-20-13-7-2-10(9-16)8-14(13)21(18,19)17-12-5-3-11(15)4-6-12/h2-8,17H,9,16H2,1H3. The second-order valence-corrected chi connectivity index (χ2v) is 7.20. The van der Waals surface area contributed by atoms with Crippen LogP contribution < -0.4 is 15.2 Å². The minimum absolute atomic E-state index is 0.0755. The van der Waals surface area contributed by atoms with Crippen molar-refractivity contribution in [1.82, 2.24) is 0 Å². The molecule has 0 unspecified atom stereocenters. The topological polar surface area (TPSA) is 81.4 Å². The van der Waals surface area contributed by atoms with E-state index in [0.29, 0.717) is 5.69 Å². The SMILES string of the molecule is COc1ccc(CN)cc1S(=O)(=O)Nc1ccc(I)cc1. The Morgan fingerprint density at radius 1 is 1.19 bits per heavy atom. The third-order valence-electron chi connectivity index (χ3n) is 2.85. The molecule has 0 aliphatic rings. The van der Waals surface area contributed by atoms with Crippen molar-refractivity contribution in [2.24, 2.45) is 5.73 Å². The van der Waals surface area contributed by atoms with Crippen molar-refractivity contribution in [2.75, 3.05) is 11.8 Å². The summed E-state index contributed by atoms with van der Waals surface area (Å²) in [6.07, 6.45) is 0. The van der Waals surface area contributed by atoms with Crippen molar-refractivity contribution in [3.05, 3.63) is 51.6 Å². The third-order valence-corrected chi connectivity index (χ3v) is 4.97. The summed E-state index contributed by atoms with van der Waals surface area (Å²) in [4.78, 5) is 0.0755. The minimum atomic E-state index is -3.73. The molecule has 0 fully saturated rings. The zero-order valence-corrected chi connectivity index (χ0v) is 14.3. The average Bonchev–Trinajstić information content (AvgIpc) is 2.48. The van der Waals surface area contributed by atoms with Crippen molar-refractivity contribution in [2.45, 2.75) is 11.4 Å². The molecular weight excluding hydrogens is 403 g/mol. The van der Waals surface area contributed by atoms with Crippen molar-refractivity contribution in [3.63, 3.8) is 0 Å². The molecule has 0 bridgehead atoms. The Labute approximate surface area is 137 Å². The molecule has 0 spiro atoms. The number of rotatable bonds is 5. The number of hydrogen-bond donors (Lipinski definition) is 2. The van der Waals surface area contributed by atoms with Crippen LogP contribution in [-0.2, 0) is 16.6 Å². The number of halogens is 1. The highest BCUT2D eigenvalue weighted by atomic mass is 127. The first-order valence-electron chi connectivity index (χ1n) is 6.11. The number of sulfonamides is 1. The van der Waals surface area contributed by atoms with E-state index < -0.39 is 10.0 Å². The Hall–Kier alpha value is -1.32. The van der Waals surface area contributed by atoms with Gasteiger partial charge in [-0.25, -0.2) is 8.42 Å². The van der Waals surface area contributed by atoms with Crippen LogP contribution in [0.5, 0.6) is 5.75 Å². The molecule has 0 aromatic heterocycles. The molecule has 2 aromatic carbocycles. The highest BCUT2D eigenvalue weighted by molar-refractivity contribution is 14.1. The van der Waals surface area contributed by atoms with Gasteiger partial charge in [-0.1, -0.05) is 6.07 Å². The zero-order chi connectivity index (χ0) is 15.5. The molecule has 7 heteroatoms. The van der Waals surface area contributed by atoms with Gasteiger partial charge in [-0.05, 0) is 64.6 Å². The summed E-state index contributed by atoms with van der Waals surface area (Å²) in [5.74, 6) is 0.283. The lowest BCUT2D eigenvalue weighted by Crippen LogP contribution is -2.14. The van der Waals surface area contributed by atoms with Crippen LogP contribution in [0.15, 0.2) is 47.4 Å². The third kappa shape index (κ3) is 3.86. The van der Waals surface area contributed by atoms with Crippen LogP contribution in [0.4, 0.5) is 5.69 Å². The molecule has 21 heavy (non-hydrogen) atoms. The molecule has 0 saturated heterocycles. The maximum absolute atomic E-state index is 12.5. The van der Waals surface area contributed by atoms with Crippen molar-refractivity contribution in [1.29, 1.82) is 0 Å². The summed E-state index contributed by atoms with van der Waals surface area (Å²) in [6.45, 7) is 0.260. The first kappa shape index (κ1) is 16.1. The molecular formula is C14H15IN2O3S. The number of anilines is 1. The first-order valence-corrected chi connectivity index (χ1v) is 8.68. The van der Waals surface area contributed by atoms with Crippen LogP contribution in [0.3, 0.4) is 0 Å². The van der Waals surface area contributed by atoms with Gasteiger partial charge in [-0.15, -0.1) is 0 Å². The minimum Gasteiger partial charge on any atom is -0.495 e. The number of nitrogens with one attached hydrogen (secondary N) is 1. The average molecular weight is 418 g/mol. The van der Waals surface area contributed by atoms with Crippen molar-refractivity contribution in [3.8, 4) is 5.75 Å².